The normalized spacial score (nSPS) is 12.2. The van der Waals surface area contributed by atoms with E-state index in [9.17, 15) is 9.18 Å². The lowest BCUT2D eigenvalue weighted by molar-refractivity contribution is 0.0934. The molecule has 1 amide bonds. The van der Waals surface area contributed by atoms with Crippen LogP contribution in [-0.4, -0.2) is 15.7 Å². The van der Waals surface area contributed by atoms with Gasteiger partial charge >= 0.3 is 0 Å². The van der Waals surface area contributed by atoms with Crippen LogP contribution in [0.2, 0.25) is 0 Å². The highest BCUT2D eigenvalue weighted by Crippen LogP contribution is 2.25. The van der Waals surface area contributed by atoms with Crippen molar-refractivity contribution < 1.29 is 13.6 Å². The van der Waals surface area contributed by atoms with Gasteiger partial charge in [0, 0.05) is 18.9 Å². The molecule has 0 aliphatic heterocycles. The number of nitrogens with zero attached hydrogens (tertiary/aromatic N) is 2. The van der Waals surface area contributed by atoms with Gasteiger partial charge in [0.05, 0.1) is 23.5 Å². The van der Waals surface area contributed by atoms with Gasteiger partial charge in [0.15, 0.2) is 0 Å². The van der Waals surface area contributed by atoms with Gasteiger partial charge in [-0.3, -0.25) is 9.48 Å². The standard InChI is InChI=1S/C22H20FN3O2/c1-14(21-12-16-11-17(23)8-9-20(16)28-21)25-22(27)18-13-24-26(2)19(18)10-15-6-4-3-5-7-15/h3-9,11-14H,10H2,1-2H3,(H,25,27). The van der Waals surface area contributed by atoms with Crippen molar-refractivity contribution in [2.24, 2.45) is 7.05 Å². The van der Waals surface area contributed by atoms with Gasteiger partial charge < -0.3 is 9.73 Å². The number of carbonyl (C=O) groups excluding carboxylic acids is 1. The largest absolute Gasteiger partial charge is 0.459 e. The second-order valence-electron chi connectivity index (χ2n) is 6.82. The number of amides is 1. The lowest BCUT2D eigenvalue weighted by Crippen LogP contribution is -2.27. The molecule has 0 aliphatic carbocycles. The molecule has 0 saturated heterocycles. The number of nitrogens with one attached hydrogen (secondary N) is 1. The monoisotopic (exact) mass is 377 g/mol. The highest BCUT2D eigenvalue weighted by atomic mass is 19.1. The quantitative estimate of drug-likeness (QED) is 0.561. The van der Waals surface area contributed by atoms with E-state index in [-0.39, 0.29) is 17.8 Å². The van der Waals surface area contributed by atoms with E-state index in [1.54, 1.807) is 23.0 Å². The topological polar surface area (TPSA) is 60.1 Å². The van der Waals surface area contributed by atoms with Crippen LogP contribution in [-0.2, 0) is 13.5 Å². The molecule has 4 rings (SSSR count). The van der Waals surface area contributed by atoms with Crippen LogP contribution in [0.1, 0.15) is 40.3 Å². The maximum absolute atomic E-state index is 13.4. The van der Waals surface area contributed by atoms with Crippen molar-refractivity contribution in [2.75, 3.05) is 0 Å². The maximum Gasteiger partial charge on any atom is 0.255 e. The van der Waals surface area contributed by atoms with Gasteiger partial charge in [0.2, 0.25) is 0 Å². The van der Waals surface area contributed by atoms with Crippen LogP contribution in [0.25, 0.3) is 11.0 Å². The first-order valence-corrected chi connectivity index (χ1v) is 9.06. The van der Waals surface area contributed by atoms with Crippen LogP contribution in [0.3, 0.4) is 0 Å². The predicted octanol–water partition coefficient (Wildman–Crippen LogP) is 4.39. The molecule has 2 heterocycles. The SMILES string of the molecule is CC(NC(=O)c1cnn(C)c1Cc1ccccc1)c1cc2cc(F)ccc2o1. The first kappa shape index (κ1) is 18.0. The minimum Gasteiger partial charge on any atom is -0.459 e. The molecular formula is C22H20FN3O2. The molecule has 0 saturated carbocycles. The molecule has 2 aromatic carbocycles. The smallest absolute Gasteiger partial charge is 0.255 e. The average molecular weight is 377 g/mol. The Labute approximate surface area is 161 Å². The summed E-state index contributed by atoms with van der Waals surface area (Å²) < 4.78 is 20.9. The highest BCUT2D eigenvalue weighted by molar-refractivity contribution is 5.95. The molecule has 5 nitrogen and oxygen atoms in total. The number of aromatic nitrogens is 2. The average Bonchev–Trinajstić information content (AvgIpc) is 3.26. The van der Waals surface area contributed by atoms with Gasteiger partial charge in [0.1, 0.15) is 17.2 Å². The number of hydrogen-bond donors (Lipinski definition) is 1. The molecule has 2 aromatic heterocycles. The summed E-state index contributed by atoms with van der Waals surface area (Å²) in [6.07, 6.45) is 2.19. The van der Waals surface area contributed by atoms with E-state index in [0.717, 1.165) is 11.3 Å². The number of rotatable bonds is 5. The zero-order valence-corrected chi connectivity index (χ0v) is 15.6. The summed E-state index contributed by atoms with van der Waals surface area (Å²) in [4.78, 5) is 12.9. The van der Waals surface area contributed by atoms with Crippen molar-refractivity contribution >= 4 is 16.9 Å². The van der Waals surface area contributed by atoms with Gasteiger partial charge in [-0.2, -0.15) is 5.10 Å². The van der Waals surface area contributed by atoms with E-state index in [4.69, 9.17) is 4.42 Å². The summed E-state index contributed by atoms with van der Waals surface area (Å²) in [6.45, 7) is 1.83. The fourth-order valence-electron chi connectivity index (χ4n) is 3.25. The number of halogens is 1. The van der Waals surface area contributed by atoms with Crippen molar-refractivity contribution in [1.29, 1.82) is 0 Å². The van der Waals surface area contributed by atoms with E-state index in [1.165, 1.54) is 12.1 Å². The Morgan fingerprint density at radius 2 is 2.00 bits per heavy atom. The van der Waals surface area contributed by atoms with Crippen molar-refractivity contribution in [3.63, 3.8) is 0 Å². The Kier molecular flexibility index (Phi) is 4.69. The van der Waals surface area contributed by atoms with Crippen LogP contribution >= 0.6 is 0 Å². The molecule has 6 heteroatoms. The van der Waals surface area contributed by atoms with E-state index in [2.05, 4.69) is 10.4 Å². The minimum absolute atomic E-state index is 0.224. The molecule has 0 radical (unpaired) electrons. The number of fused-ring (bicyclic) bond motifs is 1. The summed E-state index contributed by atoms with van der Waals surface area (Å²) in [5.74, 6) is 0.0260. The maximum atomic E-state index is 13.4. The second-order valence-corrected chi connectivity index (χ2v) is 6.82. The zero-order chi connectivity index (χ0) is 19.7. The predicted molar refractivity (Wildman–Crippen MR) is 105 cm³/mol. The van der Waals surface area contributed by atoms with Gasteiger partial charge in [-0.25, -0.2) is 4.39 Å². The van der Waals surface area contributed by atoms with Crippen molar-refractivity contribution in [3.8, 4) is 0 Å². The first-order chi connectivity index (χ1) is 13.5. The van der Waals surface area contributed by atoms with Crippen LogP contribution in [0.5, 0.6) is 0 Å². The van der Waals surface area contributed by atoms with Crippen LogP contribution < -0.4 is 5.32 Å². The van der Waals surface area contributed by atoms with Gasteiger partial charge in [-0.15, -0.1) is 0 Å². The Morgan fingerprint density at radius 3 is 2.79 bits per heavy atom. The van der Waals surface area contributed by atoms with Gasteiger partial charge in [-0.1, -0.05) is 30.3 Å². The third kappa shape index (κ3) is 3.53. The number of carbonyl (C=O) groups is 1. The van der Waals surface area contributed by atoms with Crippen molar-refractivity contribution in [1.82, 2.24) is 15.1 Å². The van der Waals surface area contributed by atoms with E-state index in [0.29, 0.717) is 28.7 Å². The molecule has 0 bridgehead atoms. The van der Waals surface area contributed by atoms with Crippen molar-refractivity contribution in [3.05, 3.63) is 89.2 Å². The Hall–Kier alpha value is -3.41. The van der Waals surface area contributed by atoms with Crippen molar-refractivity contribution in [2.45, 2.75) is 19.4 Å². The zero-order valence-electron chi connectivity index (χ0n) is 15.6. The Balaban J connectivity index is 1.54. The minimum atomic E-state index is -0.368. The molecule has 0 spiro atoms. The molecular weight excluding hydrogens is 357 g/mol. The lowest BCUT2D eigenvalue weighted by Gasteiger charge is -2.12. The number of furan rings is 1. The molecule has 28 heavy (non-hydrogen) atoms. The summed E-state index contributed by atoms with van der Waals surface area (Å²) in [5, 5.41) is 7.87. The van der Waals surface area contributed by atoms with Crippen LogP contribution in [0, 0.1) is 5.82 Å². The third-order valence-corrected chi connectivity index (χ3v) is 4.79. The van der Waals surface area contributed by atoms with E-state index >= 15 is 0 Å². The summed E-state index contributed by atoms with van der Waals surface area (Å²) >= 11 is 0. The molecule has 1 unspecified atom stereocenters. The highest BCUT2D eigenvalue weighted by Gasteiger charge is 2.20. The molecule has 0 fully saturated rings. The summed E-state index contributed by atoms with van der Waals surface area (Å²) in [5.41, 5.74) is 3.05. The van der Waals surface area contributed by atoms with Crippen LogP contribution in [0.15, 0.2) is 65.2 Å². The summed E-state index contributed by atoms with van der Waals surface area (Å²) in [6, 6.07) is 15.7. The fraction of sp³-hybridized carbons (Fsp3) is 0.182. The van der Waals surface area contributed by atoms with Gasteiger partial charge in [-0.05, 0) is 36.8 Å². The summed E-state index contributed by atoms with van der Waals surface area (Å²) in [7, 11) is 1.83. The molecule has 0 aliphatic rings. The third-order valence-electron chi connectivity index (χ3n) is 4.79. The number of aryl methyl sites for hydroxylation is 1. The van der Waals surface area contributed by atoms with E-state index < -0.39 is 0 Å². The molecule has 1 N–H and O–H groups in total. The second kappa shape index (κ2) is 7.31. The molecule has 142 valence electrons. The fourth-order valence-corrected chi connectivity index (χ4v) is 3.25. The van der Waals surface area contributed by atoms with Gasteiger partial charge in [0.25, 0.3) is 5.91 Å². The Morgan fingerprint density at radius 1 is 1.21 bits per heavy atom. The molecule has 4 aromatic rings. The number of hydrogen-bond acceptors (Lipinski definition) is 3. The Bertz CT molecular complexity index is 1130. The molecule has 1 atom stereocenters. The van der Waals surface area contributed by atoms with E-state index in [1.807, 2.05) is 44.3 Å². The van der Waals surface area contributed by atoms with Crippen LogP contribution in [0.4, 0.5) is 4.39 Å². The number of benzene rings is 2. The first-order valence-electron chi connectivity index (χ1n) is 9.06. The lowest BCUT2D eigenvalue weighted by atomic mass is 10.1.